The molecular weight excluding hydrogens is 466 g/mol. The summed E-state index contributed by atoms with van der Waals surface area (Å²) in [5, 5.41) is 4.68. The normalized spacial score (nSPS) is 39.5. The molecule has 168 valence electrons. The Morgan fingerprint density at radius 1 is 1.09 bits per heavy atom. The number of amides is 1. The van der Waals surface area contributed by atoms with Crippen LogP contribution in [0.3, 0.4) is 0 Å². The Labute approximate surface area is 197 Å². The minimum absolute atomic E-state index is 0.0285. The number of carbonyl (C=O) groups excluding carboxylic acids is 1. The number of aryl methyl sites for hydroxylation is 1. The number of hydrogen-bond donors (Lipinski definition) is 0. The summed E-state index contributed by atoms with van der Waals surface area (Å²) in [6.07, 6.45) is 7.53. The van der Waals surface area contributed by atoms with Crippen molar-refractivity contribution in [2.75, 3.05) is 26.2 Å². The minimum atomic E-state index is -0.173. The Morgan fingerprint density at radius 3 is 2.53 bits per heavy atom. The van der Waals surface area contributed by atoms with Crippen LogP contribution in [0.2, 0.25) is 0 Å². The van der Waals surface area contributed by atoms with Crippen LogP contribution in [0.4, 0.5) is 0 Å². The maximum Gasteiger partial charge on any atom is 0.229 e. The number of fused-ring (bicyclic) bond motifs is 1. The molecule has 1 spiro atoms. The molecule has 5 unspecified atom stereocenters. The van der Waals surface area contributed by atoms with Gasteiger partial charge in [0.05, 0.1) is 11.0 Å². The number of carbonyl (C=O) groups is 1. The molecule has 0 N–H and O–H groups in total. The first kappa shape index (κ1) is 19.7. The lowest BCUT2D eigenvalue weighted by Crippen LogP contribution is -2.71. The third-order valence-corrected chi connectivity index (χ3v) is 10.3. The van der Waals surface area contributed by atoms with E-state index in [1.165, 1.54) is 24.0 Å². The molecule has 0 radical (unpaired) electrons. The van der Waals surface area contributed by atoms with Crippen molar-refractivity contribution in [3.63, 3.8) is 0 Å². The monoisotopic (exact) mass is 495 g/mol. The van der Waals surface area contributed by atoms with Crippen LogP contribution < -0.4 is 0 Å². The summed E-state index contributed by atoms with van der Waals surface area (Å²) >= 11 is 3.44. The quantitative estimate of drug-likeness (QED) is 0.650. The summed E-state index contributed by atoms with van der Waals surface area (Å²) < 4.78 is 2.79. The zero-order valence-electron chi connectivity index (χ0n) is 18.6. The fourth-order valence-electron chi connectivity index (χ4n) is 8.65. The molecule has 1 aromatic heterocycles. The minimum Gasteiger partial charge on any atom is -0.340 e. The zero-order chi connectivity index (χ0) is 21.7. The largest absolute Gasteiger partial charge is 0.340 e. The van der Waals surface area contributed by atoms with E-state index in [1.807, 2.05) is 6.33 Å². The molecule has 5 aliphatic rings. The Balaban J connectivity index is 1.08. The summed E-state index contributed by atoms with van der Waals surface area (Å²) in [4.78, 5) is 23.0. The molecule has 4 aliphatic carbocycles. The van der Waals surface area contributed by atoms with Gasteiger partial charge in [-0.2, -0.15) is 0 Å². The van der Waals surface area contributed by atoms with Gasteiger partial charge in [-0.1, -0.05) is 29.8 Å². The molecule has 1 aromatic carbocycles. The van der Waals surface area contributed by atoms with Crippen LogP contribution in [0.25, 0.3) is 0 Å². The van der Waals surface area contributed by atoms with E-state index in [0.717, 1.165) is 57.9 Å². The number of benzene rings is 1. The summed E-state index contributed by atoms with van der Waals surface area (Å²) in [6, 6.07) is 8.83. The zero-order valence-corrected chi connectivity index (χ0v) is 20.2. The van der Waals surface area contributed by atoms with E-state index < -0.39 is 0 Å². The maximum atomic E-state index is 14.0. The van der Waals surface area contributed by atoms with Crippen molar-refractivity contribution in [2.24, 2.45) is 22.7 Å². The van der Waals surface area contributed by atoms with Crippen molar-refractivity contribution >= 4 is 21.8 Å². The van der Waals surface area contributed by atoms with Gasteiger partial charge in [0, 0.05) is 38.1 Å². The molecule has 5 fully saturated rings. The van der Waals surface area contributed by atoms with Gasteiger partial charge in [-0.25, -0.2) is 9.67 Å². The van der Waals surface area contributed by atoms with E-state index in [0.29, 0.717) is 22.0 Å². The van der Waals surface area contributed by atoms with Crippen LogP contribution in [0, 0.1) is 29.6 Å². The maximum absolute atomic E-state index is 14.0. The second-order valence-corrected chi connectivity index (χ2v) is 12.0. The molecular formula is C25H30BrN5O. The molecule has 2 bridgehead atoms. The molecule has 2 heterocycles. The highest BCUT2D eigenvalue weighted by atomic mass is 79.9. The van der Waals surface area contributed by atoms with Crippen molar-refractivity contribution < 1.29 is 4.79 Å². The van der Waals surface area contributed by atoms with Crippen LogP contribution in [-0.4, -0.2) is 56.7 Å². The highest BCUT2D eigenvalue weighted by Gasteiger charge is 2.86. The molecule has 4 saturated carbocycles. The fourth-order valence-corrected chi connectivity index (χ4v) is 8.92. The van der Waals surface area contributed by atoms with Crippen LogP contribution in [0.5, 0.6) is 0 Å². The Bertz CT molecular complexity index is 1090. The predicted molar refractivity (Wildman–Crippen MR) is 124 cm³/mol. The van der Waals surface area contributed by atoms with Crippen LogP contribution in [-0.2, 0) is 16.9 Å². The predicted octanol–water partition coefficient (Wildman–Crippen LogP) is 3.60. The first-order chi connectivity index (χ1) is 15.4. The van der Waals surface area contributed by atoms with E-state index in [-0.39, 0.29) is 11.0 Å². The number of halogens is 1. The van der Waals surface area contributed by atoms with E-state index in [1.54, 1.807) is 0 Å². The first-order valence-corrected chi connectivity index (χ1v) is 12.9. The molecule has 1 amide bonds. The average molecular weight is 496 g/mol. The Kier molecular flexibility index (Phi) is 3.97. The Hall–Kier alpha value is -1.73. The van der Waals surface area contributed by atoms with Gasteiger partial charge in [-0.15, -0.1) is 5.10 Å². The van der Waals surface area contributed by atoms with Gasteiger partial charge >= 0.3 is 0 Å². The lowest BCUT2D eigenvalue weighted by atomic mass is 9.35. The summed E-state index contributed by atoms with van der Waals surface area (Å²) in [5.41, 5.74) is 2.83. The van der Waals surface area contributed by atoms with Crippen molar-refractivity contribution in [3.05, 3.63) is 46.5 Å². The van der Waals surface area contributed by atoms with Crippen LogP contribution in [0.15, 0.2) is 35.3 Å². The second kappa shape index (κ2) is 6.44. The van der Waals surface area contributed by atoms with E-state index in [9.17, 15) is 4.79 Å². The SMILES string of the molecule is Cc1ccc(CN2CCN(C(=O)C34CC5CC6CC(n7cnc(Br)n7)(C3)C56C4)CC2)cc1. The van der Waals surface area contributed by atoms with Gasteiger partial charge in [0.25, 0.3) is 0 Å². The molecule has 5 atom stereocenters. The summed E-state index contributed by atoms with van der Waals surface area (Å²) in [6.45, 7) is 6.75. The molecule has 32 heavy (non-hydrogen) atoms. The number of piperazine rings is 1. The number of aromatic nitrogens is 3. The number of hydrogen-bond acceptors (Lipinski definition) is 4. The molecule has 1 saturated heterocycles. The molecule has 6 nitrogen and oxygen atoms in total. The van der Waals surface area contributed by atoms with Crippen molar-refractivity contribution in [1.82, 2.24) is 24.6 Å². The third kappa shape index (κ3) is 2.37. The lowest BCUT2D eigenvalue weighted by Gasteiger charge is -2.72. The van der Waals surface area contributed by atoms with Crippen molar-refractivity contribution in [1.29, 1.82) is 0 Å². The van der Waals surface area contributed by atoms with Crippen molar-refractivity contribution in [3.8, 4) is 0 Å². The summed E-state index contributed by atoms with van der Waals surface area (Å²) in [7, 11) is 0. The van der Waals surface area contributed by atoms with Gasteiger partial charge in [0.15, 0.2) is 0 Å². The highest BCUT2D eigenvalue weighted by molar-refractivity contribution is 9.10. The molecule has 7 heteroatoms. The smallest absolute Gasteiger partial charge is 0.229 e. The standard InChI is InChI=1S/C25H30BrN5O/c1-17-2-4-18(5-3-17)13-29-6-8-30(9-7-29)21(32)23-11-19-10-20-12-24(14-23,25(19,20)15-23)31-16-27-22(26)28-31/h2-5,16,19-20H,6-15H2,1H3. The fraction of sp³-hybridized carbons (Fsp3) is 0.640. The lowest BCUT2D eigenvalue weighted by molar-refractivity contribution is -0.237. The topological polar surface area (TPSA) is 54.3 Å². The van der Waals surface area contributed by atoms with Gasteiger partial charge in [-0.3, -0.25) is 9.69 Å². The molecule has 1 aliphatic heterocycles. The Morgan fingerprint density at radius 2 is 1.84 bits per heavy atom. The van der Waals surface area contributed by atoms with Crippen LogP contribution >= 0.6 is 15.9 Å². The molecule has 2 aromatic rings. The number of nitrogens with zero attached hydrogens (tertiary/aromatic N) is 5. The van der Waals surface area contributed by atoms with E-state index >= 15 is 0 Å². The highest BCUT2D eigenvalue weighted by Crippen LogP contribution is 2.88. The van der Waals surface area contributed by atoms with Gasteiger partial charge in [0.2, 0.25) is 10.6 Å². The second-order valence-electron chi connectivity index (χ2n) is 11.3. The van der Waals surface area contributed by atoms with Gasteiger partial charge < -0.3 is 4.90 Å². The summed E-state index contributed by atoms with van der Waals surface area (Å²) in [5.74, 6) is 1.92. The van der Waals surface area contributed by atoms with Gasteiger partial charge in [0.1, 0.15) is 6.33 Å². The molecule has 7 rings (SSSR count). The van der Waals surface area contributed by atoms with E-state index in [2.05, 4.69) is 71.7 Å². The van der Waals surface area contributed by atoms with Crippen molar-refractivity contribution in [2.45, 2.75) is 51.1 Å². The van der Waals surface area contributed by atoms with Gasteiger partial charge in [-0.05, 0) is 72.4 Å². The third-order valence-electron chi connectivity index (χ3n) is 9.92. The average Bonchev–Trinajstić information content (AvgIpc) is 3.42. The first-order valence-electron chi connectivity index (χ1n) is 12.1. The van der Waals surface area contributed by atoms with Crippen LogP contribution in [0.1, 0.15) is 43.2 Å². The van der Waals surface area contributed by atoms with E-state index in [4.69, 9.17) is 0 Å². The number of rotatable bonds is 4.